The molecule has 0 fully saturated rings. The number of hydrogen-bond acceptors (Lipinski definition) is 3. The van der Waals surface area contributed by atoms with E-state index in [0.29, 0.717) is 16.7 Å². The molecule has 5 heteroatoms. The minimum atomic E-state index is -3.34. The smallest absolute Gasteiger partial charge is 0.200 e. The van der Waals surface area contributed by atoms with Gasteiger partial charge in [0.2, 0.25) is 0 Å². The topological polar surface area (TPSA) is 61.8 Å². The van der Waals surface area contributed by atoms with Crippen LogP contribution in [0.5, 0.6) is 0 Å². The van der Waals surface area contributed by atoms with E-state index in [1.165, 1.54) is 16.9 Å². The van der Waals surface area contributed by atoms with Gasteiger partial charge < -0.3 is 5.73 Å². The standard InChI is InChI=1S/C15H19NO2S2/c1-11(2)12-5-7-13(8-6-12)14(10-16)20(17,18)15-4-3-9-19-15/h3-9,11,14H,10,16H2,1-2H3/p+1/t14-/m0/s1. The number of sulfone groups is 1. The molecule has 0 radical (unpaired) electrons. The van der Waals surface area contributed by atoms with Crippen molar-refractivity contribution in [2.75, 3.05) is 6.54 Å². The van der Waals surface area contributed by atoms with Gasteiger partial charge in [-0.15, -0.1) is 11.3 Å². The fourth-order valence-corrected chi connectivity index (χ4v) is 5.04. The van der Waals surface area contributed by atoms with E-state index in [2.05, 4.69) is 19.6 Å². The zero-order valence-electron chi connectivity index (χ0n) is 11.7. The van der Waals surface area contributed by atoms with Crippen molar-refractivity contribution in [1.82, 2.24) is 0 Å². The van der Waals surface area contributed by atoms with Crippen molar-refractivity contribution in [3.63, 3.8) is 0 Å². The molecule has 3 nitrogen and oxygen atoms in total. The van der Waals surface area contributed by atoms with Gasteiger partial charge in [-0.05, 0) is 28.5 Å². The Hall–Kier alpha value is -1.17. The van der Waals surface area contributed by atoms with Crippen LogP contribution < -0.4 is 5.73 Å². The third-order valence-corrected chi connectivity index (χ3v) is 6.99. The van der Waals surface area contributed by atoms with E-state index in [4.69, 9.17) is 0 Å². The van der Waals surface area contributed by atoms with Gasteiger partial charge in [-0.3, -0.25) is 0 Å². The highest BCUT2D eigenvalue weighted by atomic mass is 32.2. The fraction of sp³-hybridized carbons (Fsp3) is 0.333. The summed E-state index contributed by atoms with van der Waals surface area (Å²) in [5.74, 6) is 0.441. The first-order valence-corrected chi connectivity index (χ1v) is 9.06. The zero-order chi connectivity index (χ0) is 14.8. The van der Waals surface area contributed by atoms with Gasteiger partial charge in [-0.2, -0.15) is 0 Å². The van der Waals surface area contributed by atoms with E-state index in [0.717, 1.165) is 5.56 Å². The summed E-state index contributed by atoms with van der Waals surface area (Å²) in [6, 6.07) is 11.3. The molecule has 2 rings (SSSR count). The lowest BCUT2D eigenvalue weighted by molar-refractivity contribution is -0.367. The summed E-state index contributed by atoms with van der Waals surface area (Å²) in [7, 11) is -3.34. The Morgan fingerprint density at radius 3 is 2.15 bits per heavy atom. The number of rotatable bonds is 5. The van der Waals surface area contributed by atoms with Crippen molar-refractivity contribution in [2.24, 2.45) is 0 Å². The number of thiophene rings is 1. The molecule has 0 amide bonds. The molecule has 1 aromatic carbocycles. The molecule has 0 saturated carbocycles. The number of benzene rings is 1. The molecule has 108 valence electrons. The first-order valence-electron chi connectivity index (χ1n) is 6.63. The lowest BCUT2D eigenvalue weighted by Gasteiger charge is -2.14. The predicted molar refractivity (Wildman–Crippen MR) is 82.5 cm³/mol. The van der Waals surface area contributed by atoms with Crippen LogP contribution in [0.1, 0.15) is 36.1 Å². The first kappa shape index (κ1) is 15.2. The third kappa shape index (κ3) is 2.95. The van der Waals surface area contributed by atoms with Crippen molar-refractivity contribution < 1.29 is 14.2 Å². The highest BCUT2D eigenvalue weighted by Gasteiger charge is 2.30. The Balaban J connectivity index is 2.38. The lowest BCUT2D eigenvalue weighted by atomic mass is 10.0. The van der Waals surface area contributed by atoms with Crippen molar-refractivity contribution in [3.8, 4) is 0 Å². The highest BCUT2D eigenvalue weighted by Crippen LogP contribution is 2.31. The van der Waals surface area contributed by atoms with Crippen LogP contribution in [0.15, 0.2) is 46.0 Å². The average Bonchev–Trinajstić information content (AvgIpc) is 2.94. The number of quaternary nitrogens is 1. The van der Waals surface area contributed by atoms with E-state index in [-0.39, 0.29) is 0 Å². The maximum atomic E-state index is 12.6. The molecular formula is C15H20NO2S2+. The van der Waals surface area contributed by atoms with Gasteiger partial charge in [0.15, 0.2) is 9.84 Å². The predicted octanol–water partition coefficient (Wildman–Crippen LogP) is 2.63. The van der Waals surface area contributed by atoms with Crippen LogP contribution in [0.3, 0.4) is 0 Å². The molecule has 0 unspecified atom stereocenters. The van der Waals surface area contributed by atoms with E-state index in [1.807, 2.05) is 24.3 Å². The van der Waals surface area contributed by atoms with Gasteiger partial charge in [0.25, 0.3) is 0 Å². The van der Waals surface area contributed by atoms with Gasteiger partial charge in [-0.1, -0.05) is 44.2 Å². The minimum absolute atomic E-state index is 0.335. The maximum absolute atomic E-state index is 12.6. The Morgan fingerprint density at radius 1 is 1.10 bits per heavy atom. The zero-order valence-corrected chi connectivity index (χ0v) is 13.4. The van der Waals surface area contributed by atoms with Crippen LogP contribution in [0.4, 0.5) is 0 Å². The quantitative estimate of drug-likeness (QED) is 0.923. The van der Waals surface area contributed by atoms with Crippen molar-refractivity contribution in [3.05, 3.63) is 52.9 Å². The second kappa shape index (κ2) is 6.08. The summed E-state index contributed by atoms with van der Waals surface area (Å²) in [6.45, 7) is 4.58. The molecule has 0 aliphatic carbocycles. The second-order valence-electron chi connectivity index (χ2n) is 5.08. The van der Waals surface area contributed by atoms with Gasteiger partial charge in [-0.25, -0.2) is 8.42 Å². The Kier molecular flexibility index (Phi) is 4.62. The van der Waals surface area contributed by atoms with Crippen LogP contribution in [0.25, 0.3) is 0 Å². The molecule has 0 bridgehead atoms. The number of hydrogen-bond donors (Lipinski definition) is 1. The molecule has 3 N–H and O–H groups in total. The largest absolute Gasteiger partial charge is 0.356 e. The van der Waals surface area contributed by atoms with Gasteiger partial charge in [0.1, 0.15) is 9.46 Å². The van der Waals surface area contributed by atoms with Crippen LogP contribution in [0.2, 0.25) is 0 Å². The van der Waals surface area contributed by atoms with E-state index >= 15 is 0 Å². The molecule has 0 saturated heterocycles. The summed E-state index contributed by atoms with van der Waals surface area (Å²) < 4.78 is 25.6. The fourth-order valence-electron chi connectivity index (χ4n) is 2.16. The first-order chi connectivity index (χ1) is 9.46. The molecule has 1 atom stereocenters. The summed E-state index contributed by atoms with van der Waals surface area (Å²) in [6.07, 6.45) is 0. The third-order valence-electron chi connectivity index (χ3n) is 3.39. The maximum Gasteiger partial charge on any atom is 0.200 e. The molecule has 20 heavy (non-hydrogen) atoms. The van der Waals surface area contributed by atoms with Crippen molar-refractivity contribution in [1.29, 1.82) is 0 Å². The Morgan fingerprint density at radius 2 is 1.70 bits per heavy atom. The molecule has 0 aliphatic rings. The normalized spacial score (nSPS) is 13.6. The van der Waals surface area contributed by atoms with Gasteiger partial charge >= 0.3 is 0 Å². The molecule has 0 aliphatic heterocycles. The summed E-state index contributed by atoms with van der Waals surface area (Å²) in [5.41, 5.74) is 5.85. The highest BCUT2D eigenvalue weighted by molar-refractivity contribution is 7.93. The second-order valence-corrected chi connectivity index (χ2v) is 8.38. The monoisotopic (exact) mass is 310 g/mol. The van der Waals surface area contributed by atoms with Gasteiger partial charge in [0.05, 0.1) is 6.54 Å². The van der Waals surface area contributed by atoms with Gasteiger partial charge in [0, 0.05) is 0 Å². The van der Waals surface area contributed by atoms with Crippen molar-refractivity contribution in [2.45, 2.75) is 29.2 Å². The van der Waals surface area contributed by atoms with E-state index in [1.54, 1.807) is 17.5 Å². The SMILES string of the molecule is CC(C)c1ccc([C@H](C[NH3+])S(=O)(=O)c2cccs2)cc1. The van der Waals surface area contributed by atoms with E-state index in [9.17, 15) is 8.42 Å². The molecule has 1 aromatic heterocycles. The van der Waals surface area contributed by atoms with Crippen molar-refractivity contribution >= 4 is 21.2 Å². The molecule has 2 aromatic rings. The lowest BCUT2D eigenvalue weighted by Crippen LogP contribution is -2.54. The Labute approximate surface area is 124 Å². The summed E-state index contributed by atoms with van der Waals surface area (Å²) in [4.78, 5) is 0. The summed E-state index contributed by atoms with van der Waals surface area (Å²) >= 11 is 1.26. The van der Waals surface area contributed by atoms with Crippen LogP contribution >= 0.6 is 11.3 Å². The molecule has 1 heterocycles. The van der Waals surface area contributed by atoms with Crippen LogP contribution in [0, 0.1) is 0 Å². The minimum Gasteiger partial charge on any atom is -0.356 e. The Bertz CT molecular complexity index is 644. The molecular weight excluding hydrogens is 290 g/mol. The van der Waals surface area contributed by atoms with Crippen LogP contribution in [-0.2, 0) is 9.84 Å². The van der Waals surface area contributed by atoms with Crippen LogP contribution in [-0.4, -0.2) is 15.0 Å². The average molecular weight is 310 g/mol. The summed E-state index contributed by atoms with van der Waals surface area (Å²) in [5, 5.41) is 1.22. The van der Waals surface area contributed by atoms with E-state index < -0.39 is 15.1 Å². The molecule has 0 spiro atoms.